The van der Waals surface area contributed by atoms with Gasteiger partial charge in [0, 0.05) is 25.4 Å². The van der Waals surface area contributed by atoms with Crippen LogP contribution in [0.5, 0.6) is 0 Å². The van der Waals surface area contributed by atoms with Crippen molar-refractivity contribution in [2.45, 2.75) is 13.1 Å². The van der Waals surface area contributed by atoms with Crippen LogP contribution in [0.1, 0.15) is 15.9 Å². The molecule has 0 spiro atoms. The molecule has 0 aliphatic heterocycles. The van der Waals surface area contributed by atoms with E-state index in [1.165, 1.54) is 12.1 Å². The number of hydrogen-bond acceptors (Lipinski definition) is 6. The summed E-state index contributed by atoms with van der Waals surface area (Å²) in [6.45, 7) is 1.32. The van der Waals surface area contributed by atoms with Crippen LogP contribution in [0.15, 0.2) is 30.6 Å². The van der Waals surface area contributed by atoms with Gasteiger partial charge in [-0.3, -0.25) is 14.8 Å². The van der Waals surface area contributed by atoms with Gasteiger partial charge in [-0.05, 0) is 5.56 Å². The lowest BCUT2D eigenvalue weighted by atomic mass is 10.1. The van der Waals surface area contributed by atoms with Crippen molar-refractivity contribution in [3.05, 3.63) is 51.8 Å². The minimum absolute atomic E-state index is 0.220. The predicted molar refractivity (Wildman–Crippen MR) is 71.8 cm³/mol. The van der Waals surface area contributed by atoms with E-state index in [9.17, 15) is 14.9 Å². The van der Waals surface area contributed by atoms with Gasteiger partial charge < -0.3 is 10.4 Å². The molecule has 0 unspecified atom stereocenters. The van der Waals surface area contributed by atoms with Crippen molar-refractivity contribution in [1.29, 1.82) is 0 Å². The van der Waals surface area contributed by atoms with Crippen LogP contribution < -0.4 is 5.32 Å². The second kappa shape index (κ2) is 6.57. The Bertz CT molecular complexity index is 641. The van der Waals surface area contributed by atoms with Crippen LogP contribution in [0, 0.1) is 10.1 Å². The van der Waals surface area contributed by atoms with E-state index in [4.69, 9.17) is 5.11 Å². The molecule has 2 rings (SSSR count). The first-order valence-electron chi connectivity index (χ1n) is 6.14. The largest absolute Gasteiger partial charge is 0.477 e. The summed E-state index contributed by atoms with van der Waals surface area (Å²) in [6, 6.07) is 4.21. The molecular weight excluding hydrogens is 278 g/mol. The van der Waals surface area contributed by atoms with Gasteiger partial charge in [0.1, 0.15) is 5.56 Å². The highest BCUT2D eigenvalue weighted by Gasteiger charge is 2.22. The van der Waals surface area contributed by atoms with Gasteiger partial charge in [-0.1, -0.05) is 17.3 Å². The molecule has 9 nitrogen and oxygen atoms in total. The monoisotopic (exact) mass is 291 g/mol. The van der Waals surface area contributed by atoms with Crippen LogP contribution in [0.2, 0.25) is 0 Å². The molecule has 2 aromatic rings. The molecule has 0 aliphatic carbocycles. The van der Waals surface area contributed by atoms with E-state index in [1.54, 1.807) is 23.1 Å². The average molecular weight is 291 g/mol. The zero-order valence-electron chi connectivity index (χ0n) is 11.0. The van der Waals surface area contributed by atoms with Crippen LogP contribution in [0.25, 0.3) is 0 Å². The number of carboxylic acids is 1. The van der Waals surface area contributed by atoms with Crippen molar-refractivity contribution in [1.82, 2.24) is 20.3 Å². The molecule has 0 bridgehead atoms. The molecule has 21 heavy (non-hydrogen) atoms. The standard InChI is InChI=1S/C12H13N5O4/c18-12(19)11-9(2-1-3-10(11)17(20)21)8-13-4-6-16-7-5-14-15-16/h1-3,5,7,13H,4,6,8H2,(H,18,19). The molecule has 0 fully saturated rings. The van der Waals surface area contributed by atoms with E-state index in [1.807, 2.05) is 0 Å². The Morgan fingerprint density at radius 2 is 2.29 bits per heavy atom. The van der Waals surface area contributed by atoms with Gasteiger partial charge in [0.2, 0.25) is 0 Å². The maximum absolute atomic E-state index is 11.2. The summed E-state index contributed by atoms with van der Waals surface area (Å²) < 4.78 is 1.62. The second-order valence-corrected chi connectivity index (χ2v) is 4.22. The Kier molecular flexibility index (Phi) is 4.57. The fourth-order valence-corrected chi connectivity index (χ4v) is 1.90. The van der Waals surface area contributed by atoms with Gasteiger partial charge in [-0.2, -0.15) is 0 Å². The summed E-state index contributed by atoms with van der Waals surface area (Å²) >= 11 is 0. The molecule has 0 aliphatic rings. The van der Waals surface area contributed by atoms with Crippen LogP contribution >= 0.6 is 0 Å². The molecular formula is C12H13N5O4. The van der Waals surface area contributed by atoms with Crippen molar-refractivity contribution >= 4 is 11.7 Å². The Morgan fingerprint density at radius 3 is 2.90 bits per heavy atom. The van der Waals surface area contributed by atoms with Crippen LogP contribution in [0.4, 0.5) is 5.69 Å². The van der Waals surface area contributed by atoms with Crippen molar-refractivity contribution in [2.75, 3.05) is 6.54 Å². The number of aromatic carboxylic acids is 1. The quantitative estimate of drug-likeness (QED) is 0.436. The summed E-state index contributed by atoms with van der Waals surface area (Å²) in [5.41, 5.74) is -0.316. The number of nitro groups is 1. The highest BCUT2D eigenvalue weighted by molar-refractivity contribution is 5.94. The number of aromatic nitrogens is 3. The maximum atomic E-state index is 11.2. The zero-order valence-corrected chi connectivity index (χ0v) is 11.0. The van der Waals surface area contributed by atoms with E-state index in [0.717, 1.165) is 0 Å². The molecule has 1 aromatic carbocycles. The van der Waals surface area contributed by atoms with Crippen LogP contribution in [0.3, 0.4) is 0 Å². The Labute approximate surface area is 119 Å². The first kappa shape index (κ1) is 14.6. The first-order valence-corrected chi connectivity index (χ1v) is 6.14. The van der Waals surface area contributed by atoms with E-state index < -0.39 is 16.6 Å². The molecule has 110 valence electrons. The van der Waals surface area contributed by atoms with Crippen LogP contribution in [-0.4, -0.2) is 37.5 Å². The SMILES string of the molecule is O=C(O)c1c(CNCCn2ccnn2)cccc1[N+](=O)[O-]. The molecule has 0 atom stereocenters. The first-order chi connectivity index (χ1) is 10.1. The van der Waals surface area contributed by atoms with Gasteiger partial charge in [0.15, 0.2) is 0 Å². The zero-order chi connectivity index (χ0) is 15.2. The summed E-state index contributed by atoms with van der Waals surface area (Å²) in [7, 11) is 0. The predicted octanol–water partition coefficient (Wildman–Crippen LogP) is 0.674. The van der Waals surface area contributed by atoms with Crippen molar-refractivity contribution < 1.29 is 14.8 Å². The molecule has 1 heterocycles. The molecule has 0 saturated heterocycles. The number of nitrogens with one attached hydrogen (secondary N) is 1. The smallest absolute Gasteiger partial charge is 0.343 e. The van der Waals surface area contributed by atoms with Gasteiger partial charge >= 0.3 is 5.97 Å². The van der Waals surface area contributed by atoms with Gasteiger partial charge in [0.05, 0.1) is 17.7 Å². The van der Waals surface area contributed by atoms with Gasteiger partial charge in [-0.15, -0.1) is 5.10 Å². The van der Waals surface area contributed by atoms with Gasteiger partial charge in [0.25, 0.3) is 5.69 Å². The number of benzene rings is 1. The van der Waals surface area contributed by atoms with Gasteiger partial charge in [-0.25, -0.2) is 4.79 Å². The molecule has 0 saturated carbocycles. The maximum Gasteiger partial charge on any atom is 0.343 e. The number of carbonyl (C=O) groups is 1. The average Bonchev–Trinajstić information content (AvgIpc) is 2.96. The van der Waals surface area contributed by atoms with Crippen molar-refractivity contribution in [3.63, 3.8) is 0 Å². The Morgan fingerprint density at radius 1 is 1.48 bits per heavy atom. The van der Waals surface area contributed by atoms with E-state index in [0.29, 0.717) is 18.7 Å². The minimum Gasteiger partial charge on any atom is -0.477 e. The fraction of sp³-hybridized carbons (Fsp3) is 0.250. The van der Waals surface area contributed by atoms with Crippen LogP contribution in [-0.2, 0) is 13.1 Å². The molecule has 0 radical (unpaired) electrons. The normalized spacial score (nSPS) is 10.5. The summed E-state index contributed by atoms with van der Waals surface area (Å²) in [6.07, 6.45) is 3.26. The highest BCUT2D eigenvalue weighted by Crippen LogP contribution is 2.22. The summed E-state index contributed by atoms with van der Waals surface area (Å²) in [5.74, 6) is -1.31. The highest BCUT2D eigenvalue weighted by atomic mass is 16.6. The lowest BCUT2D eigenvalue weighted by Crippen LogP contribution is -2.21. The molecule has 2 N–H and O–H groups in total. The number of hydrogen-bond donors (Lipinski definition) is 2. The van der Waals surface area contributed by atoms with E-state index in [2.05, 4.69) is 15.6 Å². The van der Waals surface area contributed by atoms with E-state index in [-0.39, 0.29) is 12.1 Å². The summed E-state index contributed by atoms with van der Waals surface area (Å²) in [4.78, 5) is 21.4. The third-order valence-corrected chi connectivity index (χ3v) is 2.84. The van der Waals surface area contributed by atoms with E-state index >= 15 is 0 Å². The number of nitro benzene ring substituents is 1. The van der Waals surface area contributed by atoms with Crippen molar-refractivity contribution in [2.24, 2.45) is 0 Å². The molecule has 9 heteroatoms. The fourth-order valence-electron chi connectivity index (χ4n) is 1.90. The Hall–Kier alpha value is -2.81. The third kappa shape index (κ3) is 3.60. The summed E-state index contributed by atoms with van der Waals surface area (Å²) in [5, 5.41) is 30.5. The lowest BCUT2D eigenvalue weighted by molar-refractivity contribution is -0.385. The molecule has 0 amide bonds. The number of nitrogens with zero attached hydrogens (tertiary/aromatic N) is 4. The second-order valence-electron chi connectivity index (χ2n) is 4.22. The Balaban J connectivity index is 2.04. The topological polar surface area (TPSA) is 123 Å². The van der Waals surface area contributed by atoms with Crippen molar-refractivity contribution in [3.8, 4) is 0 Å². The minimum atomic E-state index is -1.31. The lowest BCUT2D eigenvalue weighted by Gasteiger charge is -2.08. The number of rotatable bonds is 7. The third-order valence-electron chi connectivity index (χ3n) is 2.84. The molecule has 1 aromatic heterocycles. The number of carboxylic acid groups (broad SMARTS) is 1.